The molecule has 7 heteroatoms. The van der Waals surface area contributed by atoms with Gasteiger partial charge in [-0.25, -0.2) is 4.68 Å². The van der Waals surface area contributed by atoms with Crippen LogP contribution in [0.2, 0.25) is 0 Å². The lowest BCUT2D eigenvalue weighted by molar-refractivity contribution is 0.0722. The fraction of sp³-hybridized carbons (Fsp3) is 0.217. The Hall–Kier alpha value is -3.74. The number of nitrogens with zero attached hydrogens (tertiary/aromatic N) is 4. The van der Waals surface area contributed by atoms with Crippen LogP contribution in [0.25, 0.3) is 22.2 Å². The van der Waals surface area contributed by atoms with Crippen LogP contribution in [0, 0.1) is 0 Å². The Morgan fingerprint density at radius 1 is 1.10 bits per heavy atom. The standard InChI is InChI=1S/C23H21N5O2/c29-22-7-6-20(16-8-11-24-12-9-16)26-28(22)15-17-3-2-14-27(17)23(30)19-4-1-5-21-18(19)10-13-25-21/h1,4-13,17,25H,2-3,14-15H2. The molecule has 1 unspecified atom stereocenters. The lowest BCUT2D eigenvalue weighted by Crippen LogP contribution is -2.40. The van der Waals surface area contributed by atoms with Crippen LogP contribution in [0.4, 0.5) is 0 Å². The third kappa shape index (κ3) is 3.28. The van der Waals surface area contributed by atoms with E-state index in [1.54, 1.807) is 18.5 Å². The molecule has 0 bridgehead atoms. The minimum Gasteiger partial charge on any atom is -0.361 e. The molecule has 0 spiro atoms. The molecule has 4 aromatic rings. The van der Waals surface area contributed by atoms with E-state index in [2.05, 4.69) is 15.1 Å². The van der Waals surface area contributed by atoms with Crippen molar-refractivity contribution in [2.75, 3.05) is 6.54 Å². The van der Waals surface area contributed by atoms with Crippen molar-refractivity contribution in [1.29, 1.82) is 0 Å². The molecule has 1 N–H and O–H groups in total. The number of hydrogen-bond acceptors (Lipinski definition) is 4. The van der Waals surface area contributed by atoms with Gasteiger partial charge < -0.3 is 9.88 Å². The molecule has 1 aliphatic rings. The Morgan fingerprint density at radius 3 is 2.83 bits per heavy atom. The number of carbonyl (C=O) groups is 1. The van der Waals surface area contributed by atoms with Crippen molar-refractivity contribution in [3.8, 4) is 11.3 Å². The van der Waals surface area contributed by atoms with Gasteiger partial charge in [0.1, 0.15) is 0 Å². The summed E-state index contributed by atoms with van der Waals surface area (Å²) in [7, 11) is 0. The van der Waals surface area contributed by atoms with Crippen molar-refractivity contribution in [3.63, 3.8) is 0 Å². The smallest absolute Gasteiger partial charge is 0.266 e. The number of hydrogen-bond donors (Lipinski definition) is 1. The first-order valence-corrected chi connectivity index (χ1v) is 10.1. The minimum absolute atomic E-state index is 0.000960. The van der Waals surface area contributed by atoms with Gasteiger partial charge in [0.05, 0.1) is 18.3 Å². The first-order valence-electron chi connectivity index (χ1n) is 10.1. The molecule has 0 radical (unpaired) electrons. The fourth-order valence-corrected chi connectivity index (χ4v) is 4.18. The van der Waals surface area contributed by atoms with Crippen LogP contribution in [-0.2, 0) is 6.54 Å². The second kappa shape index (κ2) is 7.59. The predicted molar refractivity (Wildman–Crippen MR) is 114 cm³/mol. The zero-order valence-electron chi connectivity index (χ0n) is 16.4. The van der Waals surface area contributed by atoms with Gasteiger partial charge in [-0.3, -0.25) is 14.6 Å². The second-order valence-corrected chi connectivity index (χ2v) is 7.51. The first-order chi connectivity index (χ1) is 14.7. The summed E-state index contributed by atoms with van der Waals surface area (Å²) in [5, 5.41) is 5.47. The van der Waals surface area contributed by atoms with Crippen molar-refractivity contribution < 1.29 is 4.79 Å². The number of nitrogens with one attached hydrogen (secondary N) is 1. The van der Waals surface area contributed by atoms with Crippen molar-refractivity contribution in [1.82, 2.24) is 24.6 Å². The van der Waals surface area contributed by atoms with E-state index in [9.17, 15) is 9.59 Å². The van der Waals surface area contributed by atoms with Crippen LogP contribution in [0.15, 0.2) is 71.9 Å². The number of benzene rings is 1. The van der Waals surface area contributed by atoms with E-state index in [1.807, 2.05) is 47.5 Å². The zero-order valence-corrected chi connectivity index (χ0v) is 16.4. The topological polar surface area (TPSA) is 83.9 Å². The van der Waals surface area contributed by atoms with Gasteiger partial charge in [0, 0.05) is 53.2 Å². The van der Waals surface area contributed by atoms with Crippen LogP contribution < -0.4 is 5.56 Å². The Kier molecular flexibility index (Phi) is 4.63. The fourth-order valence-electron chi connectivity index (χ4n) is 4.18. The highest BCUT2D eigenvalue weighted by Gasteiger charge is 2.31. The zero-order chi connectivity index (χ0) is 20.5. The highest BCUT2D eigenvalue weighted by atomic mass is 16.2. The summed E-state index contributed by atoms with van der Waals surface area (Å²) in [6.45, 7) is 1.07. The molecular weight excluding hydrogens is 378 g/mol. The molecule has 150 valence electrons. The number of H-pyrrole nitrogens is 1. The maximum Gasteiger partial charge on any atom is 0.266 e. The summed E-state index contributed by atoms with van der Waals surface area (Å²) >= 11 is 0. The van der Waals surface area contributed by atoms with Gasteiger partial charge in [0.25, 0.3) is 11.5 Å². The van der Waals surface area contributed by atoms with Gasteiger partial charge in [-0.15, -0.1) is 0 Å². The van der Waals surface area contributed by atoms with Crippen molar-refractivity contribution in [2.24, 2.45) is 0 Å². The quantitative estimate of drug-likeness (QED) is 0.572. The van der Waals surface area contributed by atoms with Crippen LogP contribution in [0.3, 0.4) is 0 Å². The summed E-state index contributed by atoms with van der Waals surface area (Å²) < 4.78 is 1.48. The van der Waals surface area contributed by atoms with Crippen molar-refractivity contribution in [2.45, 2.75) is 25.4 Å². The normalized spacial score (nSPS) is 16.3. The molecule has 1 aromatic carbocycles. The molecule has 7 nitrogen and oxygen atoms in total. The van der Waals surface area contributed by atoms with Crippen LogP contribution in [0.1, 0.15) is 23.2 Å². The third-order valence-electron chi connectivity index (χ3n) is 5.69. The number of fused-ring (bicyclic) bond motifs is 1. The number of carbonyl (C=O) groups excluding carboxylic acids is 1. The lowest BCUT2D eigenvalue weighted by atomic mass is 10.1. The molecule has 0 saturated carbocycles. The SMILES string of the molecule is O=C(c1cccc2[nH]ccc12)N1CCCC1Cn1nc(-c2ccncc2)ccc1=O. The largest absolute Gasteiger partial charge is 0.361 e. The number of amides is 1. The van der Waals surface area contributed by atoms with E-state index < -0.39 is 0 Å². The Balaban J connectivity index is 1.43. The van der Waals surface area contributed by atoms with Crippen LogP contribution >= 0.6 is 0 Å². The average Bonchev–Trinajstić information content (AvgIpc) is 3.44. The predicted octanol–water partition coefficient (Wildman–Crippen LogP) is 3.09. The summed E-state index contributed by atoms with van der Waals surface area (Å²) in [5.74, 6) is 0.000960. The van der Waals surface area contributed by atoms with E-state index in [0.29, 0.717) is 24.3 Å². The molecule has 3 aromatic heterocycles. The van der Waals surface area contributed by atoms with Gasteiger partial charge in [0.2, 0.25) is 0 Å². The Morgan fingerprint density at radius 2 is 1.97 bits per heavy atom. The van der Waals surface area contributed by atoms with Gasteiger partial charge >= 0.3 is 0 Å². The second-order valence-electron chi connectivity index (χ2n) is 7.51. The van der Waals surface area contributed by atoms with E-state index in [-0.39, 0.29) is 17.5 Å². The Labute approximate surface area is 173 Å². The number of rotatable bonds is 4. The highest BCUT2D eigenvalue weighted by molar-refractivity contribution is 6.06. The number of aromatic nitrogens is 4. The number of pyridine rings is 1. The molecule has 1 saturated heterocycles. The molecule has 1 aliphatic heterocycles. The Bertz CT molecular complexity index is 1260. The molecule has 1 fully saturated rings. The summed E-state index contributed by atoms with van der Waals surface area (Å²) in [6, 6.07) is 14.6. The molecule has 0 aliphatic carbocycles. The summed E-state index contributed by atoms with van der Waals surface area (Å²) in [6.07, 6.45) is 7.01. The van der Waals surface area contributed by atoms with Gasteiger partial charge in [-0.2, -0.15) is 5.10 Å². The first kappa shape index (κ1) is 18.3. The molecule has 1 atom stereocenters. The maximum absolute atomic E-state index is 13.3. The lowest BCUT2D eigenvalue weighted by Gasteiger charge is -2.25. The van der Waals surface area contributed by atoms with Gasteiger partial charge in [0.15, 0.2) is 0 Å². The molecule has 30 heavy (non-hydrogen) atoms. The minimum atomic E-state index is -0.167. The van der Waals surface area contributed by atoms with Gasteiger partial charge in [-0.05, 0) is 49.2 Å². The van der Waals surface area contributed by atoms with E-state index >= 15 is 0 Å². The maximum atomic E-state index is 13.3. The van der Waals surface area contributed by atoms with E-state index in [1.165, 1.54) is 10.7 Å². The summed E-state index contributed by atoms with van der Waals surface area (Å²) in [4.78, 5) is 34.9. The monoisotopic (exact) mass is 399 g/mol. The van der Waals surface area contributed by atoms with Crippen molar-refractivity contribution in [3.05, 3.63) is 83.0 Å². The average molecular weight is 399 g/mol. The molecule has 5 rings (SSSR count). The van der Waals surface area contributed by atoms with Crippen LogP contribution in [0.5, 0.6) is 0 Å². The number of aromatic amines is 1. The molecule has 1 amide bonds. The molecule has 4 heterocycles. The highest BCUT2D eigenvalue weighted by Crippen LogP contribution is 2.25. The van der Waals surface area contributed by atoms with Gasteiger partial charge in [-0.1, -0.05) is 6.07 Å². The van der Waals surface area contributed by atoms with E-state index in [0.717, 1.165) is 29.3 Å². The van der Waals surface area contributed by atoms with Crippen molar-refractivity contribution >= 4 is 16.8 Å². The van der Waals surface area contributed by atoms with E-state index in [4.69, 9.17) is 0 Å². The third-order valence-corrected chi connectivity index (χ3v) is 5.69. The summed E-state index contributed by atoms with van der Waals surface area (Å²) in [5.41, 5.74) is 3.08. The molecular formula is C23H21N5O2. The van der Waals surface area contributed by atoms with Crippen LogP contribution in [-0.4, -0.2) is 43.1 Å². The number of likely N-dealkylation sites (tertiary alicyclic amines) is 1.